The van der Waals surface area contributed by atoms with Gasteiger partial charge in [-0.05, 0) is 67.1 Å². The molecule has 0 amide bonds. The van der Waals surface area contributed by atoms with E-state index in [1.54, 1.807) is 10.7 Å². The molecule has 0 unspecified atom stereocenters. The lowest BCUT2D eigenvalue weighted by Crippen LogP contribution is -2.05. The van der Waals surface area contributed by atoms with Crippen molar-refractivity contribution in [3.63, 3.8) is 0 Å². The van der Waals surface area contributed by atoms with Gasteiger partial charge in [0.1, 0.15) is 5.75 Å². The Balaban J connectivity index is 1.60. The molecule has 31 heavy (non-hydrogen) atoms. The lowest BCUT2D eigenvalue weighted by atomic mass is 10.0. The predicted molar refractivity (Wildman–Crippen MR) is 110 cm³/mol. The fourth-order valence-electron chi connectivity index (χ4n) is 3.60. The van der Waals surface area contributed by atoms with Crippen molar-refractivity contribution in [3.05, 3.63) is 70.7 Å². The Morgan fingerprint density at radius 2 is 1.81 bits per heavy atom. The molecule has 0 fully saturated rings. The zero-order valence-corrected chi connectivity index (χ0v) is 17.4. The second-order valence-corrected chi connectivity index (χ2v) is 7.95. The first-order valence-electron chi connectivity index (χ1n) is 9.97. The van der Waals surface area contributed by atoms with Crippen molar-refractivity contribution in [1.82, 2.24) is 14.9 Å². The van der Waals surface area contributed by atoms with E-state index >= 15 is 0 Å². The lowest BCUT2D eigenvalue weighted by molar-refractivity contribution is -0.137. The van der Waals surface area contributed by atoms with Crippen molar-refractivity contribution in [2.24, 2.45) is 0 Å². The van der Waals surface area contributed by atoms with Crippen molar-refractivity contribution >= 4 is 11.0 Å². The van der Waals surface area contributed by atoms with Gasteiger partial charge in [0.2, 0.25) is 0 Å². The molecule has 0 saturated heterocycles. The van der Waals surface area contributed by atoms with Gasteiger partial charge < -0.3 is 9.63 Å². The highest BCUT2D eigenvalue weighted by atomic mass is 19.4. The molecule has 162 valence electrons. The number of phenolic OH excluding ortho intramolecular Hbond substituents is 1. The SMILES string of the molecule is Cc1cc2c(CCc3cn(-c4ccc(C(F)(F)F)cc4)nc3C(C)C)noc2cc1O. The highest BCUT2D eigenvalue weighted by Crippen LogP contribution is 2.31. The van der Waals surface area contributed by atoms with Gasteiger partial charge in [0.05, 0.1) is 22.6 Å². The van der Waals surface area contributed by atoms with Gasteiger partial charge in [-0.25, -0.2) is 4.68 Å². The molecule has 4 rings (SSSR count). The molecular weight excluding hydrogens is 407 g/mol. The third kappa shape index (κ3) is 4.15. The van der Waals surface area contributed by atoms with Crippen molar-refractivity contribution in [1.29, 1.82) is 0 Å². The highest BCUT2D eigenvalue weighted by Gasteiger charge is 2.30. The summed E-state index contributed by atoms with van der Waals surface area (Å²) in [6.07, 6.45) is -1.25. The summed E-state index contributed by atoms with van der Waals surface area (Å²) < 4.78 is 45.5. The van der Waals surface area contributed by atoms with Crippen LogP contribution in [0, 0.1) is 6.92 Å². The van der Waals surface area contributed by atoms with E-state index in [2.05, 4.69) is 10.3 Å². The van der Waals surface area contributed by atoms with Gasteiger partial charge in [-0.15, -0.1) is 0 Å². The number of benzene rings is 2. The number of aromatic nitrogens is 3. The van der Waals surface area contributed by atoms with Crippen molar-refractivity contribution in [2.45, 2.75) is 45.7 Å². The van der Waals surface area contributed by atoms with Gasteiger partial charge in [0.15, 0.2) is 5.58 Å². The maximum Gasteiger partial charge on any atom is 0.416 e. The average Bonchev–Trinajstić information content (AvgIpc) is 3.30. The maximum atomic E-state index is 12.8. The first kappa shape index (κ1) is 21.0. The first-order valence-corrected chi connectivity index (χ1v) is 9.97. The fourth-order valence-corrected chi connectivity index (χ4v) is 3.60. The van der Waals surface area contributed by atoms with E-state index in [1.165, 1.54) is 12.1 Å². The van der Waals surface area contributed by atoms with E-state index in [-0.39, 0.29) is 11.7 Å². The molecule has 5 nitrogen and oxygen atoms in total. The Kier molecular flexibility index (Phi) is 5.24. The minimum absolute atomic E-state index is 0.152. The molecular formula is C23H22F3N3O2. The summed E-state index contributed by atoms with van der Waals surface area (Å²) in [5.41, 5.74) is 3.84. The Labute approximate surface area is 177 Å². The monoisotopic (exact) mass is 429 g/mol. The number of phenols is 1. The standard InChI is InChI=1S/C23H22F3N3O2/c1-13(2)22-15(4-9-19-18-10-14(3)20(30)11-21(18)31-28-19)12-29(27-22)17-7-5-16(6-8-17)23(24,25)26/h5-8,10-13,30H,4,9H2,1-3H3. The number of rotatable bonds is 5. The van der Waals surface area contributed by atoms with Crippen LogP contribution in [0.2, 0.25) is 0 Å². The van der Waals surface area contributed by atoms with E-state index < -0.39 is 11.7 Å². The minimum atomic E-state index is -4.37. The molecule has 0 bridgehead atoms. The number of hydrogen-bond acceptors (Lipinski definition) is 4. The maximum absolute atomic E-state index is 12.8. The highest BCUT2D eigenvalue weighted by molar-refractivity contribution is 5.82. The van der Waals surface area contributed by atoms with Gasteiger partial charge in [-0.1, -0.05) is 19.0 Å². The summed E-state index contributed by atoms with van der Waals surface area (Å²) >= 11 is 0. The number of aromatic hydroxyl groups is 1. The van der Waals surface area contributed by atoms with Crippen LogP contribution in [0.1, 0.15) is 47.8 Å². The van der Waals surface area contributed by atoms with Gasteiger partial charge >= 0.3 is 6.18 Å². The summed E-state index contributed by atoms with van der Waals surface area (Å²) in [6.45, 7) is 5.87. The molecule has 2 aromatic carbocycles. The van der Waals surface area contributed by atoms with Gasteiger partial charge in [0, 0.05) is 17.6 Å². The third-order valence-electron chi connectivity index (χ3n) is 5.32. The van der Waals surface area contributed by atoms with Gasteiger partial charge in [0.25, 0.3) is 0 Å². The topological polar surface area (TPSA) is 64.1 Å². The number of alkyl halides is 3. The Bertz CT molecular complexity index is 1220. The van der Waals surface area contributed by atoms with Crippen LogP contribution in [-0.2, 0) is 19.0 Å². The Morgan fingerprint density at radius 1 is 1.10 bits per heavy atom. The summed E-state index contributed by atoms with van der Waals surface area (Å²) in [5.74, 6) is 0.314. The van der Waals surface area contributed by atoms with Crippen LogP contribution >= 0.6 is 0 Å². The molecule has 4 aromatic rings. The zero-order chi connectivity index (χ0) is 22.3. The summed E-state index contributed by atoms with van der Waals surface area (Å²) in [4.78, 5) is 0. The summed E-state index contributed by atoms with van der Waals surface area (Å²) in [5, 5.41) is 19.5. The zero-order valence-electron chi connectivity index (χ0n) is 17.4. The molecule has 0 aliphatic carbocycles. The molecule has 0 saturated carbocycles. The number of aryl methyl sites for hydroxylation is 3. The average molecular weight is 429 g/mol. The number of halogens is 3. The first-order chi connectivity index (χ1) is 14.6. The second-order valence-electron chi connectivity index (χ2n) is 7.95. The summed E-state index contributed by atoms with van der Waals surface area (Å²) in [6, 6.07) is 8.37. The fraction of sp³-hybridized carbons (Fsp3) is 0.304. The van der Waals surface area contributed by atoms with Crippen LogP contribution in [0.3, 0.4) is 0 Å². The molecule has 0 aliphatic heterocycles. The van der Waals surface area contributed by atoms with Crippen LogP contribution in [0.25, 0.3) is 16.7 Å². The molecule has 0 aliphatic rings. The smallest absolute Gasteiger partial charge is 0.416 e. The van der Waals surface area contributed by atoms with Crippen molar-refractivity contribution < 1.29 is 22.8 Å². The molecule has 0 radical (unpaired) electrons. The largest absolute Gasteiger partial charge is 0.508 e. The Hall–Kier alpha value is -3.29. The number of nitrogens with zero attached hydrogens (tertiary/aromatic N) is 3. The quantitative estimate of drug-likeness (QED) is 0.425. The molecule has 2 aromatic heterocycles. The molecule has 8 heteroatoms. The van der Waals surface area contributed by atoms with Crippen LogP contribution in [0.4, 0.5) is 13.2 Å². The summed E-state index contributed by atoms with van der Waals surface area (Å²) in [7, 11) is 0. The van der Waals surface area contributed by atoms with Crippen LogP contribution in [-0.4, -0.2) is 20.0 Å². The van der Waals surface area contributed by atoms with Crippen LogP contribution in [0.15, 0.2) is 47.1 Å². The van der Waals surface area contributed by atoms with E-state index in [4.69, 9.17) is 4.52 Å². The molecule has 1 N–H and O–H groups in total. The number of hydrogen-bond donors (Lipinski definition) is 1. The van der Waals surface area contributed by atoms with E-state index in [1.807, 2.05) is 33.0 Å². The van der Waals surface area contributed by atoms with Gasteiger partial charge in [-0.3, -0.25) is 0 Å². The molecule has 2 heterocycles. The van der Waals surface area contributed by atoms with Crippen molar-refractivity contribution in [2.75, 3.05) is 0 Å². The molecule has 0 spiro atoms. The third-order valence-corrected chi connectivity index (χ3v) is 5.32. The van der Waals surface area contributed by atoms with E-state index in [0.717, 1.165) is 40.0 Å². The molecule has 0 atom stereocenters. The normalized spacial score (nSPS) is 12.2. The van der Waals surface area contributed by atoms with E-state index in [9.17, 15) is 18.3 Å². The minimum Gasteiger partial charge on any atom is -0.508 e. The Morgan fingerprint density at radius 3 is 2.45 bits per heavy atom. The van der Waals surface area contributed by atoms with E-state index in [0.29, 0.717) is 24.1 Å². The van der Waals surface area contributed by atoms with Gasteiger partial charge in [-0.2, -0.15) is 18.3 Å². The number of fused-ring (bicyclic) bond motifs is 1. The predicted octanol–water partition coefficient (Wildman–Crippen LogP) is 5.95. The van der Waals surface area contributed by atoms with Crippen molar-refractivity contribution in [3.8, 4) is 11.4 Å². The second kappa shape index (κ2) is 7.76. The lowest BCUT2D eigenvalue weighted by Gasteiger charge is -2.07. The van der Waals surface area contributed by atoms with Crippen LogP contribution < -0.4 is 0 Å². The van der Waals surface area contributed by atoms with Crippen LogP contribution in [0.5, 0.6) is 5.75 Å².